The fourth-order valence-corrected chi connectivity index (χ4v) is 5.20. The monoisotopic (exact) mass is 524 g/mol. The summed E-state index contributed by atoms with van der Waals surface area (Å²) < 4.78 is 20.8. The van der Waals surface area contributed by atoms with Crippen molar-refractivity contribution in [1.82, 2.24) is 14.8 Å². The van der Waals surface area contributed by atoms with Crippen LogP contribution in [-0.2, 0) is 4.79 Å². The van der Waals surface area contributed by atoms with Crippen molar-refractivity contribution in [2.45, 2.75) is 31.7 Å². The summed E-state index contributed by atoms with van der Waals surface area (Å²) in [5.74, 6) is -0.453. The molecule has 2 heterocycles. The topological polar surface area (TPSA) is 75.9 Å². The molecule has 1 aliphatic heterocycles. The van der Waals surface area contributed by atoms with Crippen LogP contribution in [0.1, 0.15) is 30.5 Å². The molecule has 0 unspecified atom stereocenters. The number of aryl methyl sites for hydroxylation is 1. The number of ether oxygens (including phenoxy) is 1. The van der Waals surface area contributed by atoms with E-state index in [1.807, 2.05) is 6.07 Å². The van der Waals surface area contributed by atoms with Gasteiger partial charge in [-0.3, -0.25) is 9.69 Å². The van der Waals surface area contributed by atoms with Gasteiger partial charge < -0.3 is 19.4 Å². The summed E-state index contributed by atoms with van der Waals surface area (Å²) in [5, 5.41) is 9.16. The fraction of sp³-hybridized carbons (Fsp3) is 0.481. The SMILES string of the molecule is Cc1cc(N(C)C(=O)C2(N(C=S)c3ccc(OCCN4CCN(C)CC4)c(F)c3)CCC2)cnc1C#N. The Labute approximate surface area is 223 Å². The average Bonchev–Trinajstić information content (AvgIpc) is 2.87. The first-order valence-corrected chi connectivity index (χ1v) is 13.0. The van der Waals surface area contributed by atoms with Gasteiger partial charge in [0.2, 0.25) is 0 Å². The van der Waals surface area contributed by atoms with Gasteiger partial charge in [0.15, 0.2) is 11.6 Å². The number of rotatable bonds is 9. The van der Waals surface area contributed by atoms with Crippen LogP contribution < -0.4 is 14.5 Å². The van der Waals surface area contributed by atoms with Crippen molar-refractivity contribution in [1.29, 1.82) is 5.26 Å². The van der Waals surface area contributed by atoms with E-state index in [4.69, 9.17) is 22.2 Å². The number of halogens is 1. The highest BCUT2D eigenvalue weighted by Crippen LogP contribution is 2.42. The van der Waals surface area contributed by atoms with E-state index in [1.165, 1.54) is 17.8 Å². The van der Waals surface area contributed by atoms with Gasteiger partial charge in [-0.1, -0.05) is 12.2 Å². The molecule has 2 fully saturated rings. The number of carbonyl (C=O) groups excluding carboxylic acids is 1. The van der Waals surface area contributed by atoms with E-state index in [2.05, 4.69) is 21.8 Å². The molecule has 1 aromatic carbocycles. The van der Waals surface area contributed by atoms with Gasteiger partial charge in [-0.2, -0.15) is 5.26 Å². The molecule has 10 heteroatoms. The zero-order valence-corrected chi connectivity index (χ0v) is 22.4. The van der Waals surface area contributed by atoms with Gasteiger partial charge in [0.05, 0.1) is 17.4 Å². The standard InChI is InChI=1S/C27H33FN6O2S/c1-20-15-22(18-30-24(20)17-29)32(3)26(35)27(7-4-8-27)34(19-37)21-5-6-25(23(28)16-21)36-14-13-33-11-9-31(2)10-12-33/h5-6,15-16,18-19H,4,7-14H2,1-3H3. The smallest absolute Gasteiger partial charge is 0.253 e. The molecule has 2 aromatic rings. The minimum Gasteiger partial charge on any atom is -0.489 e. The highest BCUT2D eigenvalue weighted by atomic mass is 32.1. The molecule has 1 aromatic heterocycles. The molecule has 1 saturated carbocycles. The van der Waals surface area contributed by atoms with Gasteiger partial charge in [-0.25, -0.2) is 9.37 Å². The maximum absolute atomic E-state index is 15.1. The van der Waals surface area contributed by atoms with E-state index >= 15 is 4.39 Å². The number of thiocarbonyl (C=S) groups is 1. The van der Waals surface area contributed by atoms with Crippen molar-refractivity contribution in [3.05, 3.63) is 47.5 Å². The van der Waals surface area contributed by atoms with Gasteiger partial charge in [0.1, 0.15) is 23.9 Å². The molecule has 1 amide bonds. The van der Waals surface area contributed by atoms with Crippen LogP contribution >= 0.6 is 12.2 Å². The number of likely N-dealkylation sites (N-methyl/N-ethyl adjacent to an activating group) is 2. The van der Waals surface area contributed by atoms with Crippen LogP contribution in [0.3, 0.4) is 0 Å². The third kappa shape index (κ3) is 5.59. The highest BCUT2D eigenvalue weighted by molar-refractivity contribution is 7.79. The summed E-state index contributed by atoms with van der Waals surface area (Å²) >= 11 is 5.33. The summed E-state index contributed by atoms with van der Waals surface area (Å²) in [6.07, 6.45) is 3.57. The quantitative estimate of drug-likeness (QED) is 0.462. The van der Waals surface area contributed by atoms with Crippen LogP contribution in [-0.4, -0.2) is 85.1 Å². The first-order valence-electron chi connectivity index (χ1n) is 12.5. The van der Waals surface area contributed by atoms with Crippen LogP contribution in [0.2, 0.25) is 0 Å². The number of nitrogens with zero attached hydrogens (tertiary/aromatic N) is 6. The van der Waals surface area contributed by atoms with E-state index in [0.29, 0.717) is 42.1 Å². The zero-order chi connectivity index (χ0) is 26.6. The summed E-state index contributed by atoms with van der Waals surface area (Å²) in [6.45, 7) is 6.94. The molecular formula is C27H33FN6O2S. The van der Waals surface area contributed by atoms with Crippen LogP contribution in [0, 0.1) is 24.1 Å². The van der Waals surface area contributed by atoms with E-state index in [0.717, 1.165) is 39.1 Å². The van der Waals surface area contributed by atoms with Gasteiger partial charge in [0, 0.05) is 51.5 Å². The lowest BCUT2D eigenvalue weighted by Crippen LogP contribution is -2.63. The second-order valence-corrected chi connectivity index (χ2v) is 10.0. The first-order chi connectivity index (χ1) is 17.8. The van der Waals surface area contributed by atoms with Crippen molar-refractivity contribution in [3.8, 4) is 11.8 Å². The normalized spacial score (nSPS) is 17.4. The molecule has 1 aliphatic carbocycles. The Morgan fingerprint density at radius 1 is 1.27 bits per heavy atom. The molecule has 8 nitrogen and oxygen atoms in total. The maximum Gasteiger partial charge on any atom is 0.253 e. The molecule has 0 N–H and O–H groups in total. The number of hydrogen-bond acceptors (Lipinski definition) is 7. The molecule has 37 heavy (non-hydrogen) atoms. The van der Waals surface area contributed by atoms with E-state index in [1.54, 1.807) is 42.0 Å². The summed E-state index contributed by atoms with van der Waals surface area (Å²) in [4.78, 5) is 25.8. The fourth-order valence-electron chi connectivity index (χ4n) is 4.88. The Hall–Kier alpha value is -3.13. The number of nitriles is 1. The predicted molar refractivity (Wildman–Crippen MR) is 146 cm³/mol. The molecule has 2 aliphatic rings. The summed E-state index contributed by atoms with van der Waals surface area (Å²) in [5.41, 5.74) is 2.63. The molecule has 4 rings (SSSR count). The van der Waals surface area contributed by atoms with Crippen molar-refractivity contribution in [3.63, 3.8) is 0 Å². The predicted octanol–water partition coefficient (Wildman–Crippen LogP) is 3.38. The Morgan fingerprint density at radius 3 is 2.57 bits per heavy atom. The number of carbonyl (C=O) groups is 1. The van der Waals surface area contributed by atoms with Crippen molar-refractivity contribution >= 4 is 35.0 Å². The van der Waals surface area contributed by atoms with Crippen LogP contribution in [0.25, 0.3) is 0 Å². The number of amides is 1. The maximum atomic E-state index is 15.1. The molecule has 0 bridgehead atoms. The van der Waals surface area contributed by atoms with Gasteiger partial charge in [-0.05, 0) is 57.0 Å². The Balaban J connectivity index is 1.47. The third-order valence-corrected chi connectivity index (χ3v) is 7.67. The number of benzene rings is 1. The van der Waals surface area contributed by atoms with Crippen molar-refractivity contribution in [2.75, 3.05) is 63.2 Å². The van der Waals surface area contributed by atoms with Crippen LogP contribution in [0.4, 0.5) is 15.8 Å². The lowest BCUT2D eigenvalue weighted by atomic mass is 9.74. The van der Waals surface area contributed by atoms with E-state index in [9.17, 15) is 4.79 Å². The molecule has 0 radical (unpaired) electrons. The van der Waals surface area contributed by atoms with E-state index < -0.39 is 11.4 Å². The minimum absolute atomic E-state index is 0.154. The van der Waals surface area contributed by atoms with Gasteiger partial charge >= 0.3 is 0 Å². The third-order valence-electron chi connectivity index (χ3n) is 7.46. The van der Waals surface area contributed by atoms with Crippen LogP contribution in [0.5, 0.6) is 5.75 Å². The minimum atomic E-state index is -0.908. The Bertz CT molecular complexity index is 1190. The number of aromatic nitrogens is 1. The summed E-state index contributed by atoms with van der Waals surface area (Å²) in [7, 11) is 3.79. The van der Waals surface area contributed by atoms with Gasteiger partial charge in [-0.15, -0.1) is 0 Å². The molecule has 196 valence electrons. The molecule has 0 atom stereocenters. The van der Waals surface area contributed by atoms with Gasteiger partial charge in [0.25, 0.3) is 5.91 Å². The second-order valence-electron chi connectivity index (χ2n) is 9.80. The number of pyridine rings is 1. The van der Waals surface area contributed by atoms with Crippen molar-refractivity contribution < 1.29 is 13.9 Å². The highest BCUT2D eigenvalue weighted by Gasteiger charge is 2.50. The summed E-state index contributed by atoms with van der Waals surface area (Å²) in [6, 6.07) is 8.55. The van der Waals surface area contributed by atoms with Crippen LogP contribution in [0.15, 0.2) is 30.5 Å². The Morgan fingerprint density at radius 2 is 2.00 bits per heavy atom. The largest absolute Gasteiger partial charge is 0.489 e. The first kappa shape index (κ1) is 26.9. The number of hydrogen-bond donors (Lipinski definition) is 0. The lowest BCUT2D eigenvalue weighted by molar-refractivity contribution is -0.125. The zero-order valence-electron chi connectivity index (χ0n) is 21.6. The van der Waals surface area contributed by atoms with E-state index in [-0.39, 0.29) is 11.7 Å². The lowest BCUT2D eigenvalue weighted by Gasteiger charge is -2.49. The Kier molecular flexibility index (Phi) is 8.37. The molecule has 0 spiro atoms. The number of piperazine rings is 1. The number of anilines is 2. The average molecular weight is 525 g/mol. The molecular weight excluding hydrogens is 491 g/mol. The second kappa shape index (κ2) is 11.5. The molecule has 1 saturated heterocycles. The van der Waals surface area contributed by atoms with Crippen molar-refractivity contribution in [2.24, 2.45) is 0 Å².